The zero-order valence-electron chi connectivity index (χ0n) is 14.9. The highest BCUT2D eigenvalue weighted by molar-refractivity contribution is 6.05. The standard InChI is InChI=1S/C20H27N3O2/c1-14-13-19(24)21-22-20(14)15-5-7-17(8-6-15)25-18-9-11-23(12-10-18)16-3-2-4-16/h5-8,14,16,18H,2-4,9-13H2,1H3,(H,21,24). The fourth-order valence-corrected chi connectivity index (χ4v) is 4.01. The lowest BCUT2D eigenvalue weighted by atomic mass is 9.90. The normalized spacial score (nSPS) is 25.9. The van der Waals surface area contributed by atoms with E-state index in [0.29, 0.717) is 12.5 Å². The van der Waals surface area contributed by atoms with Gasteiger partial charge in [-0.25, -0.2) is 5.43 Å². The second-order valence-corrected chi connectivity index (χ2v) is 7.60. The zero-order valence-corrected chi connectivity index (χ0v) is 14.9. The number of hydrogen-bond donors (Lipinski definition) is 1. The number of piperidine rings is 1. The minimum Gasteiger partial charge on any atom is -0.490 e. The molecule has 0 aromatic heterocycles. The summed E-state index contributed by atoms with van der Waals surface area (Å²) in [7, 11) is 0. The van der Waals surface area contributed by atoms with E-state index in [2.05, 4.69) is 15.4 Å². The number of hydrazone groups is 1. The van der Waals surface area contributed by atoms with Crippen molar-refractivity contribution in [3.05, 3.63) is 29.8 Å². The van der Waals surface area contributed by atoms with Gasteiger partial charge in [0.05, 0.1) is 5.71 Å². The summed E-state index contributed by atoms with van der Waals surface area (Å²) < 4.78 is 6.18. The first-order valence-corrected chi connectivity index (χ1v) is 9.56. The third-order valence-electron chi connectivity index (χ3n) is 5.78. The van der Waals surface area contributed by atoms with Crippen LogP contribution in [0.4, 0.5) is 0 Å². The third-order valence-corrected chi connectivity index (χ3v) is 5.78. The topological polar surface area (TPSA) is 53.9 Å². The second-order valence-electron chi connectivity index (χ2n) is 7.60. The Hall–Kier alpha value is -1.88. The summed E-state index contributed by atoms with van der Waals surface area (Å²) in [5.41, 5.74) is 4.58. The predicted molar refractivity (Wildman–Crippen MR) is 97.8 cm³/mol. The van der Waals surface area contributed by atoms with Gasteiger partial charge in [-0.15, -0.1) is 0 Å². The smallest absolute Gasteiger partial charge is 0.240 e. The number of nitrogens with zero attached hydrogens (tertiary/aromatic N) is 2. The quantitative estimate of drug-likeness (QED) is 0.916. The predicted octanol–water partition coefficient (Wildman–Crippen LogP) is 2.94. The molecule has 1 saturated carbocycles. The number of likely N-dealkylation sites (tertiary alicyclic amines) is 1. The molecule has 1 aromatic carbocycles. The summed E-state index contributed by atoms with van der Waals surface area (Å²) in [6, 6.07) is 8.99. The minimum absolute atomic E-state index is 0.00977. The summed E-state index contributed by atoms with van der Waals surface area (Å²) in [5.74, 6) is 1.07. The van der Waals surface area contributed by atoms with E-state index in [-0.39, 0.29) is 11.8 Å². The van der Waals surface area contributed by atoms with Gasteiger partial charge in [0.1, 0.15) is 11.9 Å². The van der Waals surface area contributed by atoms with Crippen molar-refractivity contribution in [2.24, 2.45) is 11.0 Å². The van der Waals surface area contributed by atoms with E-state index in [0.717, 1.165) is 35.9 Å². The molecule has 1 amide bonds. The molecule has 2 fully saturated rings. The van der Waals surface area contributed by atoms with Crippen molar-refractivity contribution in [3.8, 4) is 5.75 Å². The van der Waals surface area contributed by atoms with Crippen LogP contribution in [-0.4, -0.2) is 41.8 Å². The molecule has 1 N–H and O–H groups in total. The summed E-state index contributed by atoms with van der Waals surface area (Å²) >= 11 is 0. The van der Waals surface area contributed by atoms with E-state index in [1.165, 1.54) is 32.4 Å². The molecule has 5 nitrogen and oxygen atoms in total. The summed E-state index contributed by atoms with van der Waals surface area (Å²) in [5, 5.41) is 4.22. The van der Waals surface area contributed by atoms with Crippen molar-refractivity contribution >= 4 is 11.6 Å². The molecule has 25 heavy (non-hydrogen) atoms. The van der Waals surface area contributed by atoms with Gasteiger partial charge in [-0.05, 0) is 55.5 Å². The maximum atomic E-state index is 11.4. The van der Waals surface area contributed by atoms with E-state index >= 15 is 0 Å². The average Bonchev–Trinajstić information content (AvgIpc) is 2.56. The van der Waals surface area contributed by atoms with Gasteiger partial charge in [0.15, 0.2) is 0 Å². The Labute approximate surface area is 149 Å². The molecule has 2 aliphatic heterocycles. The van der Waals surface area contributed by atoms with Crippen molar-refractivity contribution in [2.75, 3.05) is 13.1 Å². The van der Waals surface area contributed by atoms with Crippen LogP contribution in [0.1, 0.15) is 51.0 Å². The first-order chi connectivity index (χ1) is 12.2. The molecule has 1 saturated heterocycles. The maximum Gasteiger partial charge on any atom is 0.240 e. The van der Waals surface area contributed by atoms with Crippen LogP contribution in [0.2, 0.25) is 0 Å². The number of ether oxygens (including phenoxy) is 1. The van der Waals surface area contributed by atoms with E-state index < -0.39 is 0 Å². The van der Waals surface area contributed by atoms with E-state index in [9.17, 15) is 4.79 Å². The molecule has 2 heterocycles. The summed E-state index contributed by atoms with van der Waals surface area (Å²) in [6.07, 6.45) is 7.23. The monoisotopic (exact) mass is 341 g/mol. The fourth-order valence-electron chi connectivity index (χ4n) is 4.01. The molecule has 0 radical (unpaired) electrons. The molecule has 0 bridgehead atoms. The van der Waals surface area contributed by atoms with E-state index in [1.54, 1.807) is 0 Å². The molecular weight excluding hydrogens is 314 g/mol. The van der Waals surface area contributed by atoms with Crippen LogP contribution in [0.25, 0.3) is 0 Å². The molecule has 4 rings (SSSR count). The van der Waals surface area contributed by atoms with Crippen molar-refractivity contribution < 1.29 is 9.53 Å². The first kappa shape index (κ1) is 16.6. The lowest BCUT2D eigenvalue weighted by molar-refractivity contribution is -0.121. The Morgan fingerprint density at radius 1 is 1.12 bits per heavy atom. The van der Waals surface area contributed by atoms with Gasteiger partial charge < -0.3 is 9.64 Å². The summed E-state index contributed by atoms with van der Waals surface area (Å²) in [4.78, 5) is 14.0. The molecular formula is C20H27N3O2. The Bertz CT molecular complexity index is 643. The van der Waals surface area contributed by atoms with Gasteiger partial charge in [-0.1, -0.05) is 13.3 Å². The largest absolute Gasteiger partial charge is 0.490 e. The zero-order chi connectivity index (χ0) is 17.2. The molecule has 3 aliphatic rings. The lowest BCUT2D eigenvalue weighted by Gasteiger charge is -2.41. The van der Waals surface area contributed by atoms with Crippen LogP contribution in [-0.2, 0) is 4.79 Å². The Morgan fingerprint density at radius 2 is 1.84 bits per heavy atom. The van der Waals surface area contributed by atoms with Crippen molar-refractivity contribution in [1.29, 1.82) is 0 Å². The van der Waals surface area contributed by atoms with Crippen LogP contribution >= 0.6 is 0 Å². The van der Waals surface area contributed by atoms with Crippen molar-refractivity contribution in [3.63, 3.8) is 0 Å². The number of hydrogen-bond acceptors (Lipinski definition) is 4. The van der Waals surface area contributed by atoms with Crippen LogP contribution in [0.15, 0.2) is 29.4 Å². The van der Waals surface area contributed by atoms with Gasteiger partial charge in [-0.2, -0.15) is 5.10 Å². The molecule has 5 heteroatoms. The van der Waals surface area contributed by atoms with Crippen molar-refractivity contribution in [2.45, 2.75) is 57.6 Å². The Kier molecular flexibility index (Phi) is 4.75. The lowest BCUT2D eigenvalue weighted by Crippen LogP contribution is -2.46. The third kappa shape index (κ3) is 3.71. The number of amides is 1. The fraction of sp³-hybridized carbons (Fsp3) is 0.600. The molecule has 0 spiro atoms. The first-order valence-electron chi connectivity index (χ1n) is 9.56. The van der Waals surface area contributed by atoms with Gasteiger partial charge in [-0.3, -0.25) is 4.79 Å². The van der Waals surface area contributed by atoms with Gasteiger partial charge in [0, 0.05) is 31.5 Å². The number of benzene rings is 1. The number of nitrogens with one attached hydrogen (secondary N) is 1. The number of rotatable bonds is 4. The highest BCUT2D eigenvalue weighted by atomic mass is 16.5. The second kappa shape index (κ2) is 7.16. The maximum absolute atomic E-state index is 11.4. The van der Waals surface area contributed by atoms with Crippen molar-refractivity contribution in [1.82, 2.24) is 10.3 Å². The van der Waals surface area contributed by atoms with Gasteiger partial charge >= 0.3 is 0 Å². The highest BCUT2D eigenvalue weighted by Gasteiger charge is 2.29. The van der Waals surface area contributed by atoms with Gasteiger partial charge in [0.2, 0.25) is 5.91 Å². The van der Waals surface area contributed by atoms with Crippen LogP contribution < -0.4 is 10.2 Å². The Morgan fingerprint density at radius 3 is 2.44 bits per heavy atom. The minimum atomic E-state index is -0.00977. The SMILES string of the molecule is CC1CC(=O)NN=C1c1ccc(OC2CCN(C3CCC3)CC2)cc1. The number of carbonyl (C=O) groups excluding carboxylic acids is 1. The van der Waals surface area contributed by atoms with Crippen LogP contribution in [0.5, 0.6) is 5.75 Å². The van der Waals surface area contributed by atoms with Gasteiger partial charge in [0.25, 0.3) is 0 Å². The highest BCUT2D eigenvalue weighted by Crippen LogP contribution is 2.28. The Balaban J connectivity index is 1.33. The van der Waals surface area contributed by atoms with E-state index in [1.807, 2.05) is 31.2 Å². The average molecular weight is 341 g/mol. The van der Waals surface area contributed by atoms with E-state index in [4.69, 9.17) is 4.74 Å². The molecule has 1 unspecified atom stereocenters. The van der Waals surface area contributed by atoms with Crippen LogP contribution in [0, 0.1) is 5.92 Å². The number of carbonyl (C=O) groups is 1. The summed E-state index contributed by atoms with van der Waals surface area (Å²) in [6.45, 7) is 4.38. The van der Waals surface area contributed by atoms with Crippen LogP contribution in [0.3, 0.4) is 0 Å². The molecule has 1 aliphatic carbocycles. The molecule has 1 atom stereocenters. The molecule has 1 aromatic rings. The molecule has 134 valence electrons.